The summed E-state index contributed by atoms with van der Waals surface area (Å²) in [5.41, 5.74) is 10.5. The van der Waals surface area contributed by atoms with Crippen molar-refractivity contribution in [3.63, 3.8) is 0 Å². The number of hydroxylamine groups is 2. The van der Waals surface area contributed by atoms with Gasteiger partial charge in [0.05, 0.1) is 12.8 Å². The van der Waals surface area contributed by atoms with E-state index in [1.165, 1.54) is 0 Å². The number of fused-ring (bicyclic) bond motifs is 2. The van der Waals surface area contributed by atoms with Gasteiger partial charge in [-0.15, -0.1) is 0 Å². The third-order valence-electron chi connectivity index (χ3n) is 4.11. The van der Waals surface area contributed by atoms with E-state index in [1.54, 1.807) is 7.11 Å². The first-order valence-corrected chi connectivity index (χ1v) is 7.94. The summed E-state index contributed by atoms with van der Waals surface area (Å²) in [5.74, 6) is 6.15. The number of rotatable bonds is 2. The van der Waals surface area contributed by atoms with Gasteiger partial charge >= 0.3 is 0 Å². The maximum atomic E-state index is 5.89. The number of aromatic nitrogens is 1. The summed E-state index contributed by atoms with van der Waals surface area (Å²) < 4.78 is 0. The molecule has 0 saturated heterocycles. The largest absolute Gasteiger partial charge is 0.279 e. The van der Waals surface area contributed by atoms with Crippen LogP contribution in [0.2, 0.25) is 0 Å². The highest BCUT2D eigenvalue weighted by Gasteiger charge is 2.42. The van der Waals surface area contributed by atoms with Gasteiger partial charge in [0.1, 0.15) is 11.4 Å². The lowest BCUT2D eigenvalue weighted by Gasteiger charge is -2.18. The predicted molar refractivity (Wildman–Crippen MR) is 94.4 cm³/mol. The maximum absolute atomic E-state index is 5.89. The highest BCUT2D eigenvalue weighted by molar-refractivity contribution is 5.76. The van der Waals surface area contributed by atoms with Crippen molar-refractivity contribution in [1.29, 1.82) is 0 Å². The molecular formula is C20H17N3O2. The fourth-order valence-corrected chi connectivity index (χ4v) is 3.05. The van der Waals surface area contributed by atoms with Crippen LogP contribution in [0.15, 0.2) is 60.3 Å². The molecule has 1 aliphatic heterocycles. The summed E-state index contributed by atoms with van der Waals surface area (Å²) >= 11 is 0. The quantitative estimate of drug-likeness (QED) is 0.654. The molecule has 1 unspecified atom stereocenters. The van der Waals surface area contributed by atoms with Gasteiger partial charge in [-0.2, -0.15) is 0 Å². The number of benzene rings is 1. The molecule has 5 nitrogen and oxygen atoms in total. The van der Waals surface area contributed by atoms with Crippen LogP contribution >= 0.6 is 0 Å². The second-order valence-electron chi connectivity index (χ2n) is 5.88. The Kier molecular flexibility index (Phi) is 3.77. The molecule has 0 fully saturated rings. The Bertz CT molecular complexity index is 953. The highest BCUT2D eigenvalue weighted by Crippen LogP contribution is 2.43. The minimum atomic E-state index is -0.693. The van der Waals surface area contributed by atoms with Crippen molar-refractivity contribution in [2.75, 3.05) is 7.11 Å². The Balaban J connectivity index is 1.69. The molecule has 0 amide bonds. The number of nitrogens with one attached hydrogen (secondary N) is 2. The van der Waals surface area contributed by atoms with E-state index < -0.39 is 5.60 Å². The van der Waals surface area contributed by atoms with Gasteiger partial charge in [0.15, 0.2) is 5.60 Å². The molecule has 4 rings (SSSR count). The molecule has 25 heavy (non-hydrogen) atoms. The van der Waals surface area contributed by atoms with Gasteiger partial charge in [0.25, 0.3) is 0 Å². The number of pyridine rings is 1. The van der Waals surface area contributed by atoms with Gasteiger partial charge in [-0.05, 0) is 43.0 Å². The zero-order valence-corrected chi connectivity index (χ0v) is 14.0. The third kappa shape index (κ3) is 2.78. The van der Waals surface area contributed by atoms with Crippen LogP contribution in [0.5, 0.6) is 0 Å². The molecule has 124 valence electrons. The van der Waals surface area contributed by atoms with Gasteiger partial charge in [0, 0.05) is 16.8 Å². The lowest BCUT2D eigenvalue weighted by Crippen LogP contribution is -2.23. The van der Waals surface area contributed by atoms with E-state index in [0.29, 0.717) is 5.70 Å². The normalized spacial score (nSPS) is 20.2. The first-order chi connectivity index (χ1) is 12.2. The monoisotopic (exact) mass is 331 g/mol. The molecule has 2 heterocycles. The summed E-state index contributed by atoms with van der Waals surface area (Å²) in [7, 11) is 1.59. The fraction of sp³-hybridized carbons (Fsp3) is 0.150. The average Bonchev–Trinajstić information content (AvgIpc) is 3.17. The van der Waals surface area contributed by atoms with Crippen LogP contribution in [0.3, 0.4) is 0 Å². The lowest BCUT2D eigenvalue weighted by molar-refractivity contribution is -0.00819. The number of hydrogen-bond acceptors (Lipinski definition) is 5. The van der Waals surface area contributed by atoms with Crippen molar-refractivity contribution in [3.05, 3.63) is 82.8 Å². The second kappa shape index (κ2) is 6.10. The number of hydrogen-bond donors (Lipinski definition) is 2. The SMILES string of the molecule is CONC1=CC2(C=C(C#Cc3cccc(C)n3)NO2)c2ccccc21. The van der Waals surface area contributed by atoms with E-state index in [1.807, 2.05) is 61.5 Å². The molecular weight excluding hydrogens is 314 g/mol. The molecule has 0 bridgehead atoms. The Labute approximate surface area is 146 Å². The average molecular weight is 331 g/mol. The van der Waals surface area contributed by atoms with Gasteiger partial charge in [-0.1, -0.05) is 30.3 Å². The van der Waals surface area contributed by atoms with Crippen molar-refractivity contribution in [2.24, 2.45) is 0 Å². The number of nitrogens with zero attached hydrogens (tertiary/aromatic N) is 1. The first-order valence-electron chi connectivity index (χ1n) is 7.94. The molecule has 2 aliphatic rings. The van der Waals surface area contributed by atoms with Crippen LogP contribution in [0.25, 0.3) is 5.70 Å². The Morgan fingerprint density at radius 3 is 2.84 bits per heavy atom. The summed E-state index contributed by atoms with van der Waals surface area (Å²) in [4.78, 5) is 15.4. The molecule has 1 aromatic carbocycles. The van der Waals surface area contributed by atoms with Crippen molar-refractivity contribution >= 4 is 5.70 Å². The topological polar surface area (TPSA) is 55.4 Å². The molecule has 0 radical (unpaired) electrons. The van der Waals surface area contributed by atoms with Crippen LogP contribution in [-0.4, -0.2) is 12.1 Å². The zero-order valence-electron chi connectivity index (χ0n) is 14.0. The van der Waals surface area contributed by atoms with Crippen molar-refractivity contribution in [1.82, 2.24) is 15.9 Å². The molecule has 1 spiro atoms. The first kappa shape index (κ1) is 15.5. The smallest absolute Gasteiger partial charge is 0.163 e. The van der Waals surface area contributed by atoms with E-state index in [2.05, 4.69) is 27.8 Å². The maximum Gasteiger partial charge on any atom is 0.163 e. The van der Waals surface area contributed by atoms with Gasteiger partial charge in [0.2, 0.25) is 0 Å². The third-order valence-corrected chi connectivity index (χ3v) is 4.11. The van der Waals surface area contributed by atoms with Crippen LogP contribution in [-0.2, 0) is 15.3 Å². The highest BCUT2D eigenvalue weighted by atomic mass is 16.7. The molecule has 0 saturated carbocycles. The summed E-state index contributed by atoms with van der Waals surface area (Å²) in [5, 5.41) is 0. The van der Waals surface area contributed by atoms with Gasteiger partial charge in [-0.25, -0.2) is 4.98 Å². The van der Waals surface area contributed by atoms with Crippen LogP contribution in [0.4, 0.5) is 0 Å². The lowest BCUT2D eigenvalue weighted by atomic mass is 9.95. The van der Waals surface area contributed by atoms with Gasteiger partial charge in [-0.3, -0.25) is 20.6 Å². The Morgan fingerprint density at radius 1 is 1.12 bits per heavy atom. The molecule has 1 aliphatic carbocycles. The molecule has 5 heteroatoms. The molecule has 1 aromatic heterocycles. The van der Waals surface area contributed by atoms with Crippen LogP contribution in [0, 0.1) is 18.8 Å². The summed E-state index contributed by atoms with van der Waals surface area (Å²) in [6.45, 7) is 1.95. The zero-order chi connectivity index (χ0) is 17.3. The van der Waals surface area contributed by atoms with E-state index in [4.69, 9.17) is 9.68 Å². The van der Waals surface area contributed by atoms with Crippen molar-refractivity contribution < 1.29 is 9.68 Å². The Hall–Kier alpha value is -3.07. The van der Waals surface area contributed by atoms with E-state index >= 15 is 0 Å². The Morgan fingerprint density at radius 2 is 2.00 bits per heavy atom. The standard InChI is InChI=1S/C20H17N3O2/c1-14-6-5-7-15(21-14)10-11-16-12-20(25-22-16)13-19(23-24-2)17-8-3-4-9-18(17)20/h3-9,12-13,22-23H,1-2H3. The van der Waals surface area contributed by atoms with E-state index in [9.17, 15) is 0 Å². The van der Waals surface area contributed by atoms with Crippen LogP contribution in [0.1, 0.15) is 22.5 Å². The number of allylic oxidation sites excluding steroid dienone is 1. The number of aryl methyl sites for hydroxylation is 1. The minimum Gasteiger partial charge on any atom is -0.279 e. The fourth-order valence-electron chi connectivity index (χ4n) is 3.05. The molecule has 1 atom stereocenters. The van der Waals surface area contributed by atoms with E-state index in [0.717, 1.165) is 28.2 Å². The second-order valence-corrected chi connectivity index (χ2v) is 5.88. The minimum absolute atomic E-state index is 0.693. The van der Waals surface area contributed by atoms with Gasteiger partial charge < -0.3 is 0 Å². The van der Waals surface area contributed by atoms with Crippen LogP contribution < -0.4 is 11.0 Å². The van der Waals surface area contributed by atoms with E-state index in [-0.39, 0.29) is 0 Å². The molecule has 2 aromatic rings. The summed E-state index contributed by atoms with van der Waals surface area (Å²) in [6.07, 6.45) is 3.95. The predicted octanol–water partition coefficient (Wildman–Crippen LogP) is 2.56. The molecule has 2 N–H and O–H groups in total. The van der Waals surface area contributed by atoms with Crippen molar-refractivity contribution in [2.45, 2.75) is 12.5 Å². The summed E-state index contributed by atoms with van der Waals surface area (Å²) in [6, 6.07) is 13.8. The van der Waals surface area contributed by atoms with Crippen molar-refractivity contribution in [3.8, 4) is 11.8 Å².